The fourth-order valence-corrected chi connectivity index (χ4v) is 3.76. The van der Waals surface area contributed by atoms with Gasteiger partial charge in [0.05, 0.1) is 11.8 Å². The SMILES string of the molecule is COc1cc(NC(=O)c2ccc(F)cc2)cc2sc(NC(=O)c3ccccc3)nc12. The number of fused-ring (bicyclic) bond motifs is 1. The normalized spacial score (nSPS) is 10.6. The van der Waals surface area contributed by atoms with Gasteiger partial charge in [0.25, 0.3) is 11.8 Å². The summed E-state index contributed by atoms with van der Waals surface area (Å²) in [6, 6.07) is 17.5. The van der Waals surface area contributed by atoms with Crippen LogP contribution in [-0.4, -0.2) is 23.9 Å². The van der Waals surface area contributed by atoms with Gasteiger partial charge < -0.3 is 10.1 Å². The first kappa shape index (κ1) is 19.5. The van der Waals surface area contributed by atoms with Crippen molar-refractivity contribution in [2.45, 2.75) is 0 Å². The zero-order valence-corrected chi connectivity index (χ0v) is 16.6. The first-order valence-corrected chi connectivity index (χ1v) is 9.77. The number of hydrogen-bond acceptors (Lipinski definition) is 5. The summed E-state index contributed by atoms with van der Waals surface area (Å²) in [4.78, 5) is 29.2. The number of thiazole rings is 1. The molecule has 0 spiro atoms. The number of benzene rings is 3. The Morgan fingerprint density at radius 3 is 2.30 bits per heavy atom. The number of aromatic nitrogens is 1. The zero-order valence-electron chi connectivity index (χ0n) is 15.8. The third kappa shape index (κ3) is 4.13. The maximum absolute atomic E-state index is 13.1. The Bertz CT molecular complexity index is 1220. The minimum absolute atomic E-state index is 0.265. The molecule has 0 saturated heterocycles. The van der Waals surface area contributed by atoms with E-state index in [2.05, 4.69) is 15.6 Å². The molecule has 2 amide bonds. The first-order chi connectivity index (χ1) is 14.5. The molecule has 6 nitrogen and oxygen atoms in total. The molecule has 0 aliphatic carbocycles. The Hall–Kier alpha value is -3.78. The molecule has 0 aliphatic rings. The molecule has 0 saturated carbocycles. The number of ether oxygens (including phenoxy) is 1. The first-order valence-electron chi connectivity index (χ1n) is 8.95. The molecule has 1 aromatic heterocycles. The quantitative estimate of drug-likeness (QED) is 0.478. The van der Waals surface area contributed by atoms with Crippen molar-refractivity contribution in [3.8, 4) is 5.75 Å². The van der Waals surface area contributed by atoms with Gasteiger partial charge in [-0.1, -0.05) is 29.5 Å². The van der Waals surface area contributed by atoms with Crippen LogP contribution in [-0.2, 0) is 0 Å². The van der Waals surface area contributed by atoms with Gasteiger partial charge in [-0.25, -0.2) is 9.37 Å². The number of anilines is 2. The highest BCUT2D eigenvalue weighted by atomic mass is 32.1. The molecule has 0 atom stereocenters. The topological polar surface area (TPSA) is 80.3 Å². The molecule has 0 radical (unpaired) electrons. The van der Waals surface area contributed by atoms with Gasteiger partial charge in [-0.3, -0.25) is 14.9 Å². The number of nitrogens with one attached hydrogen (secondary N) is 2. The van der Waals surface area contributed by atoms with Gasteiger partial charge in [0, 0.05) is 22.9 Å². The van der Waals surface area contributed by atoms with Crippen LogP contribution in [0.25, 0.3) is 10.2 Å². The second kappa shape index (κ2) is 8.30. The summed E-state index contributed by atoms with van der Waals surface area (Å²) in [5.74, 6) is -0.597. The maximum atomic E-state index is 13.1. The van der Waals surface area contributed by atoms with E-state index >= 15 is 0 Å². The van der Waals surface area contributed by atoms with Crippen LogP contribution in [0.4, 0.5) is 15.2 Å². The van der Waals surface area contributed by atoms with Crippen molar-refractivity contribution in [3.05, 3.63) is 83.7 Å². The minimum atomic E-state index is -0.413. The van der Waals surface area contributed by atoms with Crippen LogP contribution in [0.3, 0.4) is 0 Å². The highest BCUT2D eigenvalue weighted by Crippen LogP contribution is 2.35. The van der Waals surface area contributed by atoms with E-state index in [1.165, 1.54) is 42.7 Å². The summed E-state index contributed by atoms with van der Waals surface area (Å²) in [5, 5.41) is 5.97. The van der Waals surface area contributed by atoms with E-state index in [1.807, 2.05) is 6.07 Å². The predicted molar refractivity (Wildman–Crippen MR) is 115 cm³/mol. The van der Waals surface area contributed by atoms with E-state index in [9.17, 15) is 14.0 Å². The Kier molecular flexibility index (Phi) is 5.40. The van der Waals surface area contributed by atoms with Crippen molar-refractivity contribution in [1.29, 1.82) is 0 Å². The Balaban J connectivity index is 1.59. The van der Waals surface area contributed by atoms with E-state index in [0.29, 0.717) is 33.2 Å². The summed E-state index contributed by atoms with van der Waals surface area (Å²) in [7, 11) is 1.50. The smallest absolute Gasteiger partial charge is 0.257 e. The summed E-state index contributed by atoms with van der Waals surface area (Å²) < 4.78 is 19.2. The molecule has 4 aromatic rings. The Labute approximate surface area is 175 Å². The van der Waals surface area contributed by atoms with Gasteiger partial charge in [0.15, 0.2) is 5.13 Å². The third-order valence-corrected chi connectivity index (χ3v) is 5.22. The largest absolute Gasteiger partial charge is 0.494 e. The molecule has 1 heterocycles. The average Bonchev–Trinajstić information content (AvgIpc) is 3.16. The maximum Gasteiger partial charge on any atom is 0.257 e. The third-order valence-electron chi connectivity index (χ3n) is 4.30. The average molecular weight is 421 g/mol. The van der Waals surface area contributed by atoms with Gasteiger partial charge in [0.2, 0.25) is 0 Å². The fraction of sp³-hybridized carbons (Fsp3) is 0.0455. The van der Waals surface area contributed by atoms with Crippen molar-refractivity contribution in [2.24, 2.45) is 0 Å². The summed E-state index contributed by atoms with van der Waals surface area (Å²) in [5.41, 5.74) is 1.93. The lowest BCUT2D eigenvalue weighted by molar-refractivity contribution is 0.101. The lowest BCUT2D eigenvalue weighted by Gasteiger charge is -2.08. The highest BCUT2D eigenvalue weighted by molar-refractivity contribution is 7.22. The molecule has 3 aromatic carbocycles. The van der Waals surface area contributed by atoms with Crippen LogP contribution in [0.2, 0.25) is 0 Å². The van der Waals surface area contributed by atoms with Crippen LogP contribution < -0.4 is 15.4 Å². The standard InChI is InChI=1S/C22H16FN3O3S/c1-29-17-11-16(24-20(27)14-7-9-15(23)10-8-14)12-18-19(17)25-22(30-18)26-21(28)13-5-3-2-4-6-13/h2-12H,1H3,(H,24,27)(H,25,26,28). The van der Waals surface area contributed by atoms with E-state index < -0.39 is 5.82 Å². The molecule has 150 valence electrons. The molecule has 0 aliphatic heterocycles. The van der Waals surface area contributed by atoms with Crippen LogP contribution in [0.1, 0.15) is 20.7 Å². The molecular weight excluding hydrogens is 405 g/mol. The lowest BCUT2D eigenvalue weighted by atomic mass is 10.2. The molecule has 30 heavy (non-hydrogen) atoms. The van der Waals surface area contributed by atoms with E-state index in [-0.39, 0.29) is 11.8 Å². The van der Waals surface area contributed by atoms with Crippen molar-refractivity contribution >= 4 is 44.2 Å². The number of carbonyl (C=O) groups is 2. The molecule has 0 unspecified atom stereocenters. The van der Waals surface area contributed by atoms with E-state index in [1.54, 1.807) is 36.4 Å². The number of halogens is 1. The van der Waals surface area contributed by atoms with Gasteiger partial charge >= 0.3 is 0 Å². The molecule has 2 N–H and O–H groups in total. The van der Waals surface area contributed by atoms with Crippen LogP contribution >= 0.6 is 11.3 Å². The molecule has 8 heteroatoms. The summed E-state index contributed by atoms with van der Waals surface area (Å²) in [6.45, 7) is 0. The van der Waals surface area contributed by atoms with E-state index in [0.717, 1.165) is 4.70 Å². The molecule has 0 bridgehead atoms. The molecular formula is C22H16FN3O3S. The monoisotopic (exact) mass is 421 g/mol. The molecule has 4 rings (SSSR count). The van der Waals surface area contributed by atoms with E-state index in [4.69, 9.17) is 4.74 Å². The van der Waals surface area contributed by atoms with Crippen molar-refractivity contribution in [3.63, 3.8) is 0 Å². The van der Waals surface area contributed by atoms with Gasteiger partial charge in [-0.2, -0.15) is 0 Å². The van der Waals surface area contributed by atoms with Gasteiger partial charge in [-0.05, 0) is 42.5 Å². The van der Waals surface area contributed by atoms with Crippen molar-refractivity contribution in [1.82, 2.24) is 4.98 Å². The number of hydrogen-bond donors (Lipinski definition) is 2. The fourth-order valence-electron chi connectivity index (χ4n) is 2.84. The summed E-state index contributed by atoms with van der Waals surface area (Å²) >= 11 is 1.26. The van der Waals surface area contributed by atoms with Crippen LogP contribution in [0.15, 0.2) is 66.7 Å². The van der Waals surface area contributed by atoms with Crippen LogP contribution in [0.5, 0.6) is 5.75 Å². The number of rotatable bonds is 5. The Morgan fingerprint density at radius 1 is 0.933 bits per heavy atom. The van der Waals surface area contributed by atoms with Crippen molar-refractivity contribution < 1.29 is 18.7 Å². The van der Waals surface area contributed by atoms with Crippen LogP contribution in [0, 0.1) is 5.82 Å². The van der Waals surface area contributed by atoms with Gasteiger partial charge in [0.1, 0.15) is 17.1 Å². The second-order valence-corrected chi connectivity index (χ2v) is 7.36. The van der Waals surface area contributed by atoms with Gasteiger partial charge in [-0.15, -0.1) is 0 Å². The number of carbonyl (C=O) groups excluding carboxylic acids is 2. The zero-order chi connectivity index (χ0) is 21.1. The number of amides is 2. The predicted octanol–water partition coefficient (Wildman–Crippen LogP) is 4.95. The number of methoxy groups -OCH3 is 1. The summed E-state index contributed by atoms with van der Waals surface area (Å²) in [6.07, 6.45) is 0. The lowest BCUT2D eigenvalue weighted by Crippen LogP contribution is -2.11. The number of nitrogens with zero attached hydrogens (tertiary/aromatic N) is 1. The highest BCUT2D eigenvalue weighted by Gasteiger charge is 2.15. The van der Waals surface area contributed by atoms with Crippen molar-refractivity contribution in [2.75, 3.05) is 17.7 Å². The second-order valence-electron chi connectivity index (χ2n) is 6.33. The molecule has 0 fully saturated rings. The Morgan fingerprint density at radius 2 is 1.60 bits per heavy atom. The minimum Gasteiger partial charge on any atom is -0.494 e.